The molecular weight excluding hydrogens is 348 g/mol. The number of hydrazine groups is 1. The molecule has 2 rings (SSSR count). The highest BCUT2D eigenvalue weighted by Crippen LogP contribution is 2.17. The zero-order valence-corrected chi connectivity index (χ0v) is 14.3. The number of aliphatic hydroxyl groups excluding tert-OH is 1. The summed E-state index contributed by atoms with van der Waals surface area (Å²) in [4.78, 5) is 23.6. The fourth-order valence-electron chi connectivity index (χ4n) is 1.91. The summed E-state index contributed by atoms with van der Waals surface area (Å²) in [5.41, 5.74) is 5.72. The highest BCUT2D eigenvalue weighted by atomic mass is 35.5. The zero-order chi connectivity index (χ0) is 17.4. The molecule has 24 heavy (non-hydrogen) atoms. The molecule has 2 aromatic carbocycles. The van der Waals surface area contributed by atoms with Gasteiger partial charge in [-0.25, -0.2) is 0 Å². The van der Waals surface area contributed by atoms with Gasteiger partial charge in [-0.15, -0.1) is 11.8 Å². The van der Waals surface area contributed by atoms with E-state index in [9.17, 15) is 14.7 Å². The molecule has 3 N–H and O–H groups in total. The molecule has 0 fully saturated rings. The molecule has 1 atom stereocenters. The van der Waals surface area contributed by atoms with Crippen LogP contribution < -0.4 is 10.9 Å². The monoisotopic (exact) mass is 364 g/mol. The molecule has 5 nitrogen and oxygen atoms in total. The Balaban J connectivity index is 1.70. The Bertz CT molecular complexity index is 697. The van der Waals surface area contributed by atoms with Gasteiger partial charge < -0.3 is 5.11 Å². The Morgan fingerprint density at radius 2 is 1.71 bits per heavy atom. The highest BCUT2D eigenvalue weighted by molar-refractivity contribution is 7.99. The van der Waals surface area contributed by atoms with Gasteiger partial charge in [-0.1, -0.05) is 54.1 Å². The van der Waals surface area contributed by atoms with E-state index in [4.69, 9.17) is 11.6 Å². The maximum Gasteiger partial charge on any atom is 0.271 e. The Kier molecular flexibility index (Phi) is 7.11. The van der Waals surface area contributed by atoms with Gasteiger partial charge in [0.1, 0.15) is 0 Å². The third-order valence-corrected chi connectivity index (χ3v) is 4.47. The summed E-state index contributed by atoms with van der Waals surface area (Å²) in [5.74, 6) is -0.341. The molecule has 0 bridgehead atoms. The minimum atomic E-state index is -0.637. The Labute approximate surface area is 149 Å². The fourth-order valence-corrected chi connectivity index (χ4v) is 2.92. The van der Waals surface area contributed by atoms with Gasteiger partial charge in [0, 0.05) is 5.75 Å². The van der Waals surface area contributed by atoms with E-state index in [1.54, 1.807) is 24.3 Å². The van der Waals surface area contributed by atoms with Crippen molar-refractivity contribution in [1.82, 2.24) is 10.9 Å². The molecule has 0 saturated carbocycles. The minimum Gasteiger partial charge on any atom is -0.388 e. The maximum atomic E-state index is 11.9. The first-order chi connectivity index (χ1) is 11.6. The second-order valence-corrected chi connectivity index (χ2v) is 6.36. The predicted molar refractivity (Wildman–Crippen MR) is 95.8 cm³/mol. The largest absolute Gasteiger partial charge is 0.388 e. The first-order valence-corrected chi connectivity index (χ1v) is 8.75. The average molecular weight is 365 g/mol. The van der Waals surface area contributed by atoms with Crippen molar-refractivity contribution in [3.8, 4) is 0 Å². The van der Waals surface area contributed by atoms with Gasteiger partial charge >= 0.3 is 0 Å². The number of carbonyl (C=O) groups is 2. The number of thioether (sulfide) groups is 1. The number of nitrogens with one attached hydrogen (secondary N) is 2. The van der Waals surface area contributed by atoms with E-state index in [0.717, 1.165) is 5.56 Å². The summed E-state index contributed by atoms with van der Waals surface area (Å²) in [6, 6.07) is 15.8. The second-order valence-electron chi connectivity index (χ2n) is 4.92. The van der Waals surface area contributed by atoms with E-state index < -0.39 is 12.0 Å². The number of amides is 2. The van der Waals surface area contributed by atoms with Crippen LogP contribution in [-0.4, -0.2) is 28.4 Å². The van der Waals surface area contributed by atoms with Gasteiger partial charge in [-0.3, -0.25) is 20.4 Å². The van der Waals surface area contributed by atoms with Crippen molar-refractivity contribution in [3.05, 3.63) is 70.7 Å². The van der Waals surface area contributed by atoms with Crippen LogP contribution in [0.3, 0.4) is 0 Å². The lowest BCUT2D eigenvalue weighted by Crippen LogP contribution is -2.42. The van der Waals surface area contributed by atoms with Gasteiger partial charge in [0.15, 0.2) is 0 Å². The predicted octanol–water partition coefficient (Wildman–Crippen LogP) is 2.57. The minimum absolute atomic E-state index is 0.118. The van der Waals surface area contributed by atoms with Gasteiger partial charge in [0.2, 0.25) is 5.91 Å². The quantitative estimate of drug-likeness (QED) is 0.688. The van der Waals surface area contributed by atoms with Crippen LogP contribution in [-0.2, 0) is 4.79 Å². The summed E-state index contributed by atoms with van der Waals surface area (Å²) in [7, 11) is 0. The molecule has 0 aliphatic heterocycles. The molecule has 1 unspecified atom stereocenters. The van der Waals surface area contributed by atoms with E-state index in [1.807, 2.05) is 30.3 Å². The maximum absolute atomic E-state index is 11.9. The highest BCUT2D eigenvalue weighted by Gasteiger charge is 2.12. The molecule has 0 spiro atoms. The first kappa shape index (κ1) is 18.3. The van der Waals surface area contributed by atoms with Gasteiger partial charge in [-0.2, -0.15) is 0 Å². The molecule has 0 radical (unpaired) electrons. The van der Waals surface area contributed by atoms with Crippen LogP contribution in [0.1, 0.15) is 22.0 Å². The lowest BCUT2D eigenvalue weighted by molar-refractivity contribution is -0.119. The van der Waals surface area contributed by atoms with Crippen molar-refractivity contribution >= 4 is 35.2 Å². The van der Waals surface area contributed by atoms with Crippen LogP contribution in [0.2, 0.25) is 5.02 Å². The van der Waals surface area contributed by atoms with Crippen LogP contribution >= 0.6 is 23.4 Å². The smallest absolute Gasteiger partial charge is 0.271 e. The average Bonchev–Trinajstić information content (AvgIpc) is 2.60. The number of benzene rings is 2. The molecule has 126 valence electrons. The standard InChI is InChI=1S/C17H17ClN2O3S/c18-14-9-5-4-8-13(14)17(23)20-19-16(22)11-24-10-15(21)12-6-2-1-3-7-12/h1-9,15,21H,10-11H2,(H,19,22)(H,20,23). The van der Waals surface area contributed by atoms with Crippen molar-refractivity contribution in [2.24, 2.45) is 0 Å². The van der Waals surface area contributed by atoms with Crippen LogP contribution in [0.25, 0.3) is 0 Å². The number of rotatable bonds is 6. The van der Waals surface area contributed by atoms with Crippen LogP contribution in [0, 0.1) is 0 Å². The van der Waals surface area contributed by atoms with Gasteiger partial charge in [0.25, 0.3) is 5.91 Å². The van der Waals surface area contributed by atoms with E-state index in [0.29, 0.717) is 10.8 Å². The van der Waals surface area contributed by atoms with Crippen LogP contribution in [0.5, 0.6) is 0 Å². The van der Waals surface area contributed by atoms with E-state index in [2.05, 4.69) is 10.9 Å². The molecule has 0 saturated heterocycles. The Morgan fingerprint density at radius 3 is 2.42 bits per heavy atom. The van der Waals surface area contributed by atoms with Crippen LogP contribution in [0.15, 0.2) is 54.6 Å². The Hall–Kier alpha value is -2.02. The molecule has 0 aromatic heterocycles. The summed E-state index contributed by atoms with van der Waals surface area (Å²) in [6.45, 7) is 0. The molecule has 2 amide bonds. The first-order valence-electron chi connectivity index (χ1n) is 7.22. The van der Waals surface area contributed by atoms with E-state index >= 15 is 0 Å². The molecule has 0 heterocycles. The molecule has 2 aromatic rings. The number of hydrogen-bond acceptors (Lipinski definition) is 4. The van der Waals surface area contributed by atoms with E-state index in [1.165, 1.54) is 11.8 Å². The van der Waals surface area contributed by atoms with Crippen LogP contribution in [0.4, 0.5) is 0 Å². The van der Waals surface area contributed by atoms with Crippen molar-refractivity contribution in [1.29, 1.82) is 0 Å². The number of hydrogen-bond donors (Lipinski definition) is 3. The summed E-state index contributed by atoms with van der Waals surface area (Å²) >= 11 is 7.18. The number of halogens is 1. The molecule has 0 aliphatic rings. The third kappa shape index (κ3) is 5.56. The fraction of sp³-hybridized carbons (Fsp3) is 0.176. The lowest BCUT2D eigenvalue weighted by Gasteiger charge is -2.11. The molecule has 0 aliphatic carbocycles. The van der Waals surface area contributed by atoms with Crippen molar-refractivity contribution < 1.29 is 14.7 Å². The van der Waals surface area contributed by atoms with Crippen molar-refractivity contribution in [2.75, 3.05) is 11.5 Å². The Morgan fingerprint density at radius 1 is 1.04 bits per heavy atom. The topological polar surface area (TPSA) is 78.4 Å². The SMILES string of the molecule is O=C(CSCC(O)c1ccccc1)NNC(=O)c1ccccc1Cl. The van der Waals surface area contributed by atoms with E-state index in [-0.39, 0.29) is 17.2 Å². The van der Waals surface area contributed by atoms with Crippen molar-refractivity contribution in [3.63, 3.8) is 0 Å². The lowest BCUT2D eigenvalue weighted by atomic mass is 10.1. The van der Waals surface area contributed by atoms with Gasteiger partial charge in [-0.05, 0) is 17.7 Å². The zero-order valence-electron chi connectivity index (χ0n) is 12.7. The summed E-state index contributed by atoms with van der Waals surface area (Å²) < 4.78 is 0. The molecular formula is C17H17ClN2O3S. The summed E-state index contributed by atoms with van der Waals surface area (Å²) in [6.07, 6.45) is -0.637. The van der Waals surface area contributed by atoms with Crippen molar-refractivity contribution in [2.45, 2.75) is 6.10 Å². The number of carbonyl (C=O) groups excluding carboxylic acids is 2. The summed E-state index contributed by atoms with van der Waals surface area (Å²) in [5, 5.41) is 10.3. The second kappa shape index (κ2) is 9.32. The van der Waals surface area contributed by atoms with Gasteiger partial charge in [0.05, 0.1) is 22.4 Å². The molecule has 7 heteroatoms. The number of aliphatic hydroxyl groups is 1. The third-order valence-electron chi connectivity index (χ3n) is 3.13. The normalized spacial score (nSPS) is 11.6.